The van der Waals surface area contributed by atoms with E-state index >= 15 is 0 Å². The molecule has 0 aromatic heterocycles. The number of carbonyl (C=O) groups excluding carboxylic acids is 1. The SMILES string of the molecule is N#CC1(c2ccc(Br)cc2Cc2cc(Br)ccc2C2(C=O)CC2)CC1. The molecule has 4 heteroatoms. The summed E-state index contributed by atoms with van der Waals surface area (Å²) in [6, 6.07) is 15.0. The third-order valence-electron chi connectivity index (χ3n) is 5.55. The Kier molecular flexibility index (Phi) is 4.13. The standard InChI is InChI=1S/C21H17Br2NO/c22-16-1-3-18(20(12-24)5-6-20)14(10-16)9-15-11-17(23)2-4-19(15)21(13-25)7-8-21/h1-4,10-11,13H,5-9H2. The molecule has 2 saturated carbocycles. The first-order valence-corrected chi connectivity index (χ1v) is 10.1. The maximum atomic E-state index is 11.7. The smallest absolute Gasteiger partial charge is 0.130 e. The lowest BCUT2D eigenvalue weighted by Crippen LogP contribution is -2.13. The van der Waals surface area contributed by atoms with Gasteiger partial charge in [-0.2, -0.15) is 5.26 Å². The van der Waals surface area contributed by atoms with Gasteiger partial charge in [0.2, 0.25) is 0 Å². The molecule has 0 N–H and O–H groups in total. The molecule has 0 heterocycles. The van der Waals surface area contributed by atoms with Gasteiger partial charge in [0.05, 0.1) is 16.9 Å². The third kappa shape index (κ3) is 2.98. The van der Waals surface area contributed by atoms with Crippen molar-refractivity contribution in [2.75, 3.05) is 0 Å². The summed E-state index contributed by atoms with van der Waals surface area (Å²) in [5.41, 5.74) is 4.01. The van der Waals surface area contributed by atoms with Crippen molar-refractivity contribution in [3.8, 4) is 6.07 Å². The zero-order valence-electron chi connectivity index (χ0n) is 13.7. The van der Waals surface area contributed by atoms with Crippen LogP contribution in [0.5, 0.6) is 0 Å². The summed E-state index contributed by atoms with van der Waals surface area (Å²) in [4.78, 5) is 11.7. The molecule has 2 aromatic carbocycles. The van der Waals surface area contributed by atoms with Gasteiger partial charge in [0, 0.05) is 8.95 Å². The highest BCUT2D eigenvalue weighted by Crippen LogP contribution is 2.51. The van der Waals surface area contributed by atoms with Crippen molar-refractivity contribution < 1.29 is 4.79 Å². The van der Waals surface area contributed by atoms with E-state index in [2.05, 4.69) is 62.2 Å². The molecule has 0 saturated heterocycles. The first-order valence-electron chi connectivity index (χ1n) is 8.47. The molecular formula is C21H17Br2NO. The topological polar surface area (TPSA) is 40.9 Å². The van der Waals surface area contributed by atoms with Crippen LogP contribution in [0, 0.1) is 11.3 Å². The lowest BCUT2D eigenvalue weighted by Gasteiger charge is -2.18. The number of hydrogen-bond acceptors (Lipinski definition) is 2. The van der Waals surface area contributed by atoms with Crippen LogP contribution in [0.3, 0.4) is 0 Å². The number of halogens is 2. The summed E-state index contributed by atoms with van der Waals surface area (Å²) in [6.45, 7) is 0. The molecule has 126 valence electrons. The van der Waals surface area contributed by atoms with E-state index in [1.54, 1.807) is 0 Å². The van der Waals surface area contributed by atoms with Crippen LogP contribution in [0.2, 0.25) is 0 Å². The summed E-state index contributed by atoms with van der Waals surface area (Å²) in [5, 5.41) is 9.63. The van der Waals surface area contributed by atoms with Crippen molar-refractivity contribution >= 4 is 38.1 Å². The number of nitrogens with zero attached hydrogens (tertiary/aromatic N) is 1. The fourth-order valence-corrected chi connectivity index (χ4v) is 4.54. The Morgan fingerprint density at radius 3 is 2.00 bits per heavy atom. The highest BCUT2D eigenvalue weighted by atomic mass is 79.9. The monoisotopic (exact) mass is 457 g/mol. The van der Waals surface area contributed by atoms with Crippen molar-refractivity contribution in [2.45, 2.75) is 42.9 Å². The molecule has 4 rings (SSSR count). The second-order valence-corrected chi connectivity index (χ2v) is 9.08. The van der Waals surface area contributed by atoms with Crippen molar-refractivity contribution in [3.63, 3.8) is 0 Å². The van der Waals surface area contributed by atoms with Gasteiger partial charge in [-0.3, -0.25) is 0 Å². The van der Waals surface area contributed by atoms with Gasteiger partial charge in [0.25, 0.3) is 0 Å². The van der Waals surface area contributed by atoms with E-state index in [-0.39, 0.29) is 10.8 Å². The molecule has 2 fully saturated rings. The van der Waals surface area contributed by atoms with Gasteiger partial charge >= 0.3 is 0 Å². The molecule has 0 atom stereocenters. The minimum absolute atomic E-state index is 0.297. The van der Waals surface area contributed by atoms with Gasteiger partial charge < -0.3 is 4.79 Å². The number of aldehydes is 1. The average molecular weight is 459 g/mol. The fourth-order valence-electron chi connectivity index (χ4n) is 3.73. The highest BCUT2D eigenvalue weighted by Gasteiger charge is 2.47. The molecule has 0 radical (unpaired) electrons. The predicted octanol–water partition coefficient (Wildman–Crippen LogP) is 5.59. The molecule has 0 bridgehead atoms. The van der Waals surface area contributed by atoms with Crippen molar-refractivity contribution in [2.24, 2.45) is 0 Å². The van der Waals surface area contributed by atoms with E-state index < -0.39 is 0 Å². The van der Waals surface area contributed by atoms with E-state index in [0.717, 1.165) is 58.5 Å². The Balaban J connectivity index is 1.80. The number of nitriles is 1. The summed E-state index contributed by atoms with van der Waals surface area (Å²) in [7, 11) is 0. The maximum Gasteiger partial charge on any atom is 0.130 e. The average Bonchev–Trinajstić information content (AvgIpc) is 3.50. The molecule has 0 spiro atoms. The number of benzene rings is 2. The van der Waals surface area contributed by atoms with Crippen LogP contribution >= 0.6 is 31.9 Å². The second-order valence-electron chi connectivity index (χ2n) is 7.25. The molecule has 2 aliphatic carbocycles. The highest BCUT2D eigenvalue weighted by molar-refractivity contribution is 9.10. The molecule has 0 aliphatic heterocycles. The van der Waals surface area contributed by atoms with E-state index in [9.17, 15) is 10.1 Å². The zero-order valence-corrected chi connectivity index (χ0v) is 16.9. The summed E-state index contributed by atoms with van der Waals surface area (Å²) in [6.07, 6.45) is 5.57. The fraction of sp³-hybridized carbons (Fsp3) is 0.333. The Labute approximate surface area is 164 Å². The predicted molar refractivity (Wildman–Crippen MR) is 105 cm³/mol. The molecular weight excluding hydrogens is 442 g/mol. The minimum Gasteiger partial charge on any atom is -0.302 e. The Bertz CT molecular complexity index is 905. The zero-order chi connectivity index (χ0) is 17.7. The molecule has 2 aliphatic rings. The molecule has 2 aromatic rings. The van der Waals surface area contributed by atoms with Gasteiger partial charge in [0.1, 0.15) is 6.29 Å². The summed E-state index contributed by atoms with van der Waals surface area (Å²) in [5.74, 6) is 0. The van der Waals surface area contributed by atoms with E-state index in [1.165, 1.54) is 11.1 Å². The molecule has 0 amide bonds. The van der Waals surface area contributed by atoms with Gasteiger partial charge in [-0.25, -0.2) is 0 Å². The minimum atomic E-state index is -0.315. The maximum absolute atomic E-state index is 11.7. The normalized spacial score (nSPS) is 19.1. The van der Waals surface area contributed by atoms with Crippen LogP contribution < -0.4 is 0 Å². The van der Waals surface area contributed by atoms with Crippen molar-refractivity contribution in [3.05, 3.63) is 67.6 Å². The van der Waals surface area contributed by atoms with Crippen LogP contribution in [-0.2, 0) is 22.0 Å². The first kappa shape index (κ1) is 17.0. The molecule has 0 unspecified atom stereocenters. The number of carbonyl (C=O) groups is 1. The second kappa shape index (κ2) is 6.07. The van der Waals surface area contributed by atoms with E-state index in [1.807, 2.05) is 12.1 Å². The summed E-state index contributed by atoms with van der Waals surface area (Å²) >= 11 is 7.14. The van der Waals surface area contributed by atoms with Crippen LogP contribution in [0.15, 0.2) is 45.3 Å². The third-order valence-corrected chi connectivity index (χ3v) is 6.53. The quantitative estimate of drug-likeness (QED) is 0.548. The Hall–Kier alpha value is -1.44. The van der Waals surface area contributed by atoms with Crippen LogP contribution in [0.1, 0.15) is 47.9 Å². The van der Waals surface area contributed by atoms with Crippen molar-refractivity contribution in [1.29, 1.82) is 5.26 Å². The largest absolute Gasteiger partial charge is 0.302 e. The van der Waals surface area contributed by atoms with E-state index in [0.29, 0.717) is 0 Å². The van der Waals surface area contributed by atoms with Crippen LogP contribution in [0.4, 0.5) is 0 Å². The number of rotatable bonds is 5. The molecule has 25 heavy (non-hydrogen) atoms. The van der Waals surface area contributed by atoms with Crippen LogP contribution in [-0.4, -0.2) is 6.29 Å². The van der Waals surface area contributed by atoms with Crippen molar-refractivity contribution in [1.82, 2.24) is 0 Å². The Morgan fingerprint density at radius 1 is 0.960 bits per heavy atom. The van der Waals surface area contributed by atoms with Crippen LogP contribution in [0.25, 0.3) is 0 Å². The Morgan fingerprint density at radius 2 is 1.52 bits per heavy atom. The first-order chi connectivity index (χ1) is 12.0. The van der Waals surface area contributed by atoms with Gasteiger partial charge in [0.15, 0.2) is 0 Å². The number of hydrogen-bond donors (Lipinski definition) is 0. The van der Waals surface area contributed by atoms with Gasteiger partial charge in [-0.05, 0) is 78.6 Å². The lowest BCUT2D eigenvalue weighted by molar-refractivity contribution is -0.109. The summed E-state index contributed by atoms with van der Waals surface area (Å²) < 4.78 is 2.04. The molecule has 2 nitrogen and oxygen atoms in total. The van der Waals surface area contributed by atoms with E-state index in [4.69, 9.17) is 0 Å². The lowest BCUT2D eigenvalue weighted by atomic mass is 9.85. The van der Waals surface area contributed by atoms with Gasteiger partial charge in [-0.15, -0.1) is 0 Å². The van der Waals surface area contributed by atoms with Gasteiger partial charge in [-0.1, -0.05) is 44.0 Å².